The summed E-state index contributed by atoms with van der Waals surface area (Å²) in [7, 11) is 0. The Morgan fingerprint density at radius 1 is 0.406 bits per heavy atom. The smallest absolute Gasteiger partial charge is 0.0630 e. The lowest BCUT2D eigenvalue weighted by Crippen LogP contribution is -2.24. The number of para-hydroxylation sites is 5. The van der Waals surface area contributed by atoms with E-state index in [4.69, 9.17) is 0 Å². The fourth-order valence-corrected chi connectivity index (χ4v) is 7.78. The van der Waals surface area contributed by atoms with Crippen LogP contribution in [0.5, 0.6) is 0 Å². The molecule has 8 aromatic carbocycles. The molecule has 1 aliphatic heterocycles. The Morgan fingerprint density at radius 2 is 0.984 bits per heavy atom. The van der Waals surface area contributed by atoms with Crippen molar-refractivity contribution >= 4 is 39.7 Å². The molecule has 0 fully saturated rings. The summed E-state index contributed by atoms with van der Waals surface area (Å²) in [6.07, 6.45) is 14.5. The van der Waals surface area contributed by atoms with Crippen LogP contribution in [0.3, 0.4) is 0 Å². The molecule has 0 spiro atoms. The minimum atomic E-state index is 0.836. The summed E-state index contributed by atoms with van der Waals surface area (Å²) in [5.74, 6) is 0. The fraction of sp³-hybridized carbons (Fsp3) is 0. The molecular weight excluding hydrogens is 777 g/mol. The molecule has 0 amide bonds. The second-order valence-corrected chi connectivity index (χ2v) is 15.5. The largest absolute Gasteiger partial charge is 0.355 e. The van der Waals surface area contributed by atoms with E-state index < -0.39 is 0 Å². The molecule has 0 saturated carbocycles. The number of nitrogens with zero attached hydrogens (tertiary/aromatic N) is 2. The predicted octanol–water partition coefficient (Wildman–Crippen LogP) is 16.2. The summed E-state index contributed by atoms with van der Waals surface area (Å²) in [6, 6.07) is 74.2. The number of nitrogens with one attached hydrogen (secondary N) is 2. The first-order valence-corrected chi connectivity index (χ1v) is 21.5. The lowest BCUT2D eigenvalue weighted by Gasteiger charge is -2.28. The molecule has 2 N–H and O–H groups in total. The van der Waals surface area contributed by atoms with Crippen molar-refractivity contribution in [3.8, 4) is 33.4 Å². The Morgan fingerprint density at radius 3 is 1.66 bits per heavy atom. The molecule has 0 bridgehead atoms. The van der Waals surface area contributed by atoms with Gasteiger partial charge in [0.2, 0.25) is 0 Å². The molecular formula is C60H48N4. The monoisotopic (exact) mass is 824 g/mol. The van der Waals surface area contributed by atoms with Gasteiger partial charge < -0.3 is 10.2 Å². The quantitative estimate of drug-likeness (QED) is 0.127. The van der Waals surface area contributed by atoms with Gasteiger partial charge in [0.05, 0.1) is 17.1 Å². The fourth-order valence-electron chi connectivity index (χ4n) is 7.78. The van der Waals surface area contributed by atoms with Gasteiger partial charge in [0.25, 0.3) is 0 Å². The summed E-state index contributed by atoms with van der Waals surface area (Å²) in [5, 5.41) is 5.77. The van der Waals surface area contributed by atoms with Crippen LogP contribution in [-0.4, -0.2) is 0 Å². The number of hydrogen-bond acceptors (Lipinski definition) is 4. The molecule has 8 aromatic rings. The number of anilines is 6. The average molecular weight is 825 g/mol. The van der Waals surface area contributed by atoms with Crippen molar-refractivity contribution in [3.05, 3.63) is 285 Å². The van der Waals surface area contributed by atoms with E-state index in [1.807, 2.05) is 54.6 Å². The van der Waals surface area contributed by atoms with E-state index in [1.165, 1.54) is 0 Å². The third-order valence-electron chi connectivity index (χ3n) is 11.1. The Balaban J connectivity index is 1.15. The minimum Gasteiger partial charge on any atom is -0.355 e. The van der Waals surface area contributed by atoms with Gasteiger partial charge in [-0.25, -0.2) is 0 Å². The van der Waals surface area contributed by atoms with Gasteiger partial charge in [0.15, 0.2) is 0 Å². The van der Waals surface area contributed by atoms with Gasteiger partial charge in [-0.05, 0) is 142 Å². The van der Waals surface area contributed by atoms with Crippen molar-refractivity contribution in [1.29, 1.82) is 0 Å². The van der Waals surface area contributed by atoms with Gasteiger partial charge >= 0.3 is 0 Å². The molecule has 0 radical (unpaired) electrons. The van der Waals surface area contributed by atoms with E-state index in [1.54, 1.807) is 0 Å². The molecule has 0 atom stereocenters. The Bertz CT molecular complexity index is 2980. The van der Waals surface area contributed by atoms with Gasteiger partial charge in [0, 0.05) is 40.6 Å². The average Bonchev–Trinajstić information content (AvgIpc) is 3.39. The lowest BCUT2D eigenvalue weighted by molar-refractivity contribution is 1.16. The zero-order chi connectivity index (χ0) is 43.5. The highest BCUT2D eigenvalue weighted by molar-refractivity contribution is 5.89. The first-order chi connectivity index (χ1) is 31.6. The van der Waals surface area contributed by atoms with Gasteiger partial charge in [0.1, 0.15) is 0 Å². The number of hydrazine groups is 1. The van der Waals surface area contributed by atoms with Gasteiger partial charge in [-0.15, -0.1) is 0 Å². The number of hydrogen-bond donors (Lipinski definition) is 2. The van der Waals surface area contributed by atoms with Crippen LogP contribution in [0.25, 0.3) is 39.0 Å². The predicted molar refractivity (Wildman–Crippen MR) is 274 cm³/mol. The summed E-state index contributed by atoms with van der Waals surface area (Å²) >= 11 is 0. The Labute approximate surface area is 377 Å². The molecule has 308 valence electrons. The van der Waals surface area contributed by atoms with E-state index in [2.05, 4.69) is 234 Å². The first kappa shape index (κ1) is 40.8. The van der Waals surface area contributed by atoms with Crippen molar-refractivity contribution in [1.82, 2.24) is 0 Å². The van der Waals surface area contributed by atoms with Crippen LogP contribution in [0.1, 0.15) is 5.56 Å². The zero-order valence-corrected chi connectivity index (χ0v) is 35.6. The maximum atomic E-state index is 4.44. The third kappa shape index (κ3) is 9.63. The number of rotatable bonds is 11. The SMILES string of the molecule is C=C1/C=C\C=C/N(c2ccccc2)/C=C\C(c2ccc(NN(c3ccccc3)c3ccccc3)c(-c3cccc(-c4cccc(-c5ccccc5Nc5ccccc5)c4)c3)c2)=C/C1=C. The van der Waals surface area contributed by atoms with Crippen LogP contribution >= 0.6 is 0 Å². The summed E-state index contributed by atoms with van der Waals surface area (Å²) < 4.78 is 0. The van der Waals surface area contributed by atoms with E-state index in [9.17, 15) is 0 Å². The maximum absolute atomic E-state index is 4.44. The van der Waals surface area contributed by atoms with Crippen LogP contribution < -0.4 is 20.7 Å². The number of allylic oxidation sites excluding steroid dienone is 8. The van der Waals surface area contributed by atoms with Crippen molar-refractivity contribution in [2.45, 2.75) is 0 Å². The van der Waals surface area contributed by atoms with E-state index in [0.717, 1.165) is 89.8 Å². The van der Waals surface area contributed by atoms with E-state index in [-0.39, 0.29) is 0 Å². The highest BCUT2D eigenvalue weighted by Crippen LogP contribution is 2.39. The molecule has 0 aromatic heterocycles. The van der Waals surface area contributed by atoms with Gasteiger partial charge in [-0.2, -0.15) is 0 Å². The lowest BCUT2D eigenvalue weighted by atomic mass is 9.93. The highest BCUT2D eigenvalue weighted by atomic mass is 15.5. The minimum absolute atomic E-state index is 0.836. The van der Waals surface area contributed by atoms with Crippen LogP contribution in [-0.2, 0) is 0 Å². The van der Waals surface area contributed by atoms with Gasteiger partial charge in [-0.1, -0.05) is 159 Å². The zero-order valence-electron chi connectivity index (χ0n) is 35.6. The maximum Gasteiger partial charge on any atom is 0.0630 e. The third-order valence-corrected chi connectivity index (χ3v) is 11.1. The molecule has 1 heterocycles. The molecule has 9 rings (SSSR count). The second kappa shape index (κ2) is 19.4. The normalized spacial score (nSPS) is 14.9. The molecule has 0 unspecified atom stereocenters. The Hall–Kier alpha value is -8.60. The second-order valence-electron chi connectivity index (χ2n) is 15.5. The van der Waals surface area contributed by atoms with Crippen molar-refractivity contribution in [2.75, 3.05) is 20.7 Å². The first-order valence-electron chi connectivity index (χ1n) is 21.5. The number of benzene rings is 8. The summed E-state index contributed by atoms with van der Waals surface area (Å²) in [6.45, 7) is 8.78. The van der Waals surface area contributed by atoms with Gasteiger partial charge in [-0.3, -0.25) is 10.4 Å². The van der Waals surface area contributed by atoms with Crippen LogP contribution in [0.15, 0.2) is 279 Å². The topological polar surface area (TPSA) is 30.5 Å². The molecule has 1 aliphatic rings. The molecule has 4 nitrogen and oxygen atoms in total. The molecule has 4 heteroatoms. The van der Waals surface area contributed by atoms with Crippen LogP contribution in [0.4, 0.5) is 34.1 Å². The highest BCUT2D eigenvalue weighted by Gasteiger charge is 2.16. The Kier molecular flexibility index (Phi) is 12.4. The molecule has 0 saturated heterocycles. The van der Waals surface area contributed by atoms with Crippen LogP contribution in [0, 0.1) is 0 Å². The standard InChI is InChI=1S/C60H48N4/c1-45-21-17-18-39-63(54-28-9-4-10-29-54)40-38-50(41-46(45)2)49-36-37-60(62-64(55-30-11-5-12-31-55)56-32-13-6-14-33-56)58(44-49)52-25-20-23-48(43-52)47-22-19-24-51(42-47)57-34-15-16-35-59(57)61-53-26-7-3-8-27-53/h3-44,61-62H,1-2H2/b21-17-,39-18-,40-38-,50-41+. The van der Waals surface area contributed by atoms with Crippen molar-refractivity contribution < 1.29 is 0 Å². The van der Waals surface area contributed by atoms with Crippen molar-refractivity contribution in [2.24, 2.45) is 0 Å². The van der Waals surface area contributed by atoms with E-state index in [0.29, 0.717) is 0 Å². The molecule has 0 aliphatic carbocycles. The summed E-state index contributed by atoms with van der Waals surface area (Å²) in [4.78, 5) is 2.12. The van der Waals surface area contributed by atoms with Crippen molar-refractivity contribution in [3.63, 3.8) is 0 Å². The van der Waals surface area contributed by atoms with Crippen LogP contribution in [0.2, 0.25) is 0 Å². The molecule has 64 heavy (non-hydrogen) atoms. The van der Waals surface area contributed by atoms with E-state index >= 15 is 0 Å². The summed E-state index contributed by atoms with van der Waals surface area (Å²) in [5.41, 5.74) is 20.3.